The Morgan fingerprint density at radius 1 is 1.47 bits per heavy atom. The van der Waals surface area contributed by atoms with E-state index in [1.165, 1.54) is 19.3 Å². The van der Waals surface area contributed by atoms with Gasteiger partial charge in [0.15, 0.2) is 0 Å². The molecule has 0 aromatic carbocycles. The normalized spacial score (nSPS) is 17.1. The van der Waals surface area contributed by atoms with Crippen LogP contribution in [0.4, 0.5) is 5.82 Å². The SMILES string of the molecule is Cc1nc(C2CCC2)c(N)n1CC(C)C. The lowest BCUT2D eigenvalue weighted by molar-refractivity contribution is 0.413. The number of anilines is 1. The highest BCUT2D eigenvalue weighted by Crippen LogP contribution is 2.38. The van der Waals surface area contributed by atoms with Crippen molar-refractivity contribution in [2.45, 2.75) is 52.5 Å². The van der Waals surface area contributed by atoms with Crippen molar-refractivity contribution in [1.82, 2.24) is 9.55 Å². The quantitative estimate of drug-likeness (QED) is 0.828. The number of hydrogen-bond donors (Lipinski definition) is 1. The first-order valence-corrected chi connectivity index (χ1v) is 5.92. The maximum atomic E-state index is 6.16. The molecule has 2 rings (SSSR count). The second-order valence-electron chi connectivity index (χ2n) is 5.06. The Bertz CT molecular complexity index is 348. The Balaban J connectivity index is 2.26. The van der Waals surface area contributed by atoms with E-state index < -0.39 is 0 Å². The number of hydrogen-bond acceptors (Lipinski definition) is 2. The monoisotopic (exact) mass is 207 g/mol. The van der Waals surface area contributed by atoms with Gasteiger partial charge in [0.1, 0.15) is 11.6 Å². The third kappa shape index (κ3) is 1.87. The van der Waals surface area contributed by atoms with Crippen molar-refractivity contribution in [2.75, 3.05) is 5.73 Å². The molecule has 0 atom stereocenters. The van der Waals surface area contributed by atoms with Crippen LogP contribution in [-0.4, -0.2) is 9.55 Å². The van der Waals surface area contributed by atoms with Crippen molar-refractivity contribution in [3.63, 3.8) is 0 Å². The predicted octanol–water partition coefficient (Wildman–Crippen LogP) is 2.70. The second-order valence-corrected chi connectivity index (χ2v) is 5.06. The van der Waals surface area contributed by atoms with Gasteiger partial charge in [0.2, 0.25) is 0 Å². The van der Waals surface area contributed by atoms with Crippen LogP contribution in [0.1, 0.15) is 50.5 Å². The first kappa shape index (κ1) is 10.5. The number of imidazole rings is 1. The summed E-state index contributed by atoms with van der Waals surface area (Å²) in [5.41, 5.74) is 7.32. The lowest BCUT2D eigenvalue weighted by atomic mass is 9.83. The third-order valence-corrected chi connectivity index (χ3v) is 3.27. The van der Waals surface area contributed by atoms with Crippen molar-refractivity contribution < 1.29 is 0 Å². The standard InChI is InChI=1S/C12H21N3/c1-8(2)7-15-9(3)14-11(12(15)13)10-5-4-6-10/h8,10H,4-7,13H2,1-3H3. The van der Waals surface area contributed by atoms with Gasteiger partial charge in [0.25, 0.3) is 0 Å². The molecule has 1 fully saturated rings. The van der Waals surface area contributed by atoms with E-state index in [-0.39, 0.29) is 0 Å². The molecule has 84 valence electrons. The van der Waals surface area contributed by atoms with E-state index in [0.717, 1.165) is 23.9 Å². The van der Waals surface area contributed by atoms with Crippen LogP contribution < -0.4 is 5.73 Å². The minimum atomic E-state index is 0.620. The minimum absolute atomic E-state index is 0.620. The third-order valence-electron chi connectivity index (χ3n) is 3.27. The number of nitrogen functional groups attached to an aromatic ring is 1. The fraction of sp³-hybridized carbons (Fsp3) is 0.750. The highest BCUT2D eigenvalue weighted by Gasteiger charge is 2.26. The van der Waals surface area contributed by atoms with E-state index >= 15 is 0 Å². The summed E-state index contributed by atoms with van der Waals surface area (Å²) in [7, 11) is 0. The van der Waals surface area contributed by atoms with Crippen LogP contribution in [0.25, 0.3) is 0 Å². The van der Waals surface area contributed by atoms with Crippen molar-refractivity contribution in [3.05, 3.63) is 11.5 Å². The van der Waals surface area contributed by atoms with Gasteiger partial charge in [-0.2, -0.15) is 0 Å². The first-order chi connectivity index (χ1) is 7.09. The molecule has 2 N–H and O–H groups in total. The largest absolute Gasteiger partial charge is 0.384 e. The Morgan fingerprint density at radius 2 is 2.13 bits per heavy atom. The Hall–Kier alpha value is -0.990. The molecule has 1 saturated carbocycles. The topological polar surface area (TPSA) is 43.8 Å². The van der Waals surface area contributed by atoms with Gasteiger partial charge >= 0.3 is 0 Å². The molecule has 1 aliphatic carbocycles. The molecule has 3 heteroatoms. The summed E-state index contributed by atoms with van der Waals surface area (Å²) in [4.78, 5) is 4.62. The van der Waals surface area contributed by atoms with Crippen LogP contribution in [-0.2, 0) is 6.54 Å². The molecule has 1 aromatic rings. The van der Waals surface area contributed by atoms with Gasteiger partial charge in [-0.25, -0.2) is 4.98 Å². The maximum Gasteiger partial charge on any atom is 0.127 e. The average molecular weight is 207 g/mol. The molecule has 1 heterocycles. The minimum Gasteiger partial charge on any atom is -0.384 e. The number of aryl methyl sites for hydroxylation is 1. The summed E-state index contributed by atoms with van der Waals surface area (Å²) in [6.07, 6.45) is 3.87. The average Bonchev–Trinajstić information content (AvgIpc) is 2.30. The van der Waals surface area contributed by atoms with Crippen LogP contribution in [0.15, 0.2) is 0 Å². The van der Waals surface area contributed by atoms with E-state index in [1.807, 2.05) is 0 Å². The summed E-state index contributed by atoms with van der Waals surface area (Å²) in [5, 5.41) is 0. The van der Waals surface area contributed by atoms with Gasteiger partial charge in [0, 0.05) is 12.5 Å². The highest BCUT2D eigenvalue weighted by atomic mass is 15.1. The van der Waals surface area contributed by atoms with Gasteiger partial charge in [-0.3, -0.25) is 0 Å². The molecular formula is C12H21N3. The molecule has 1 aliphatic rings. The van der Waals surface area contributed by atoms with E-state index in [1.54, 1.807) is 0 Å². The van der Waals surface area contributed by atoms with Crippen LogP contribution in [0, 0.1) is 12.8 Å². The molecule has 0 bridgehead atoms. The lowest BCUT2D eigenvalue weighted by Crippen LogP contribution is -2.13. The molecule has 0 radical (unpaired) electrons. The summed E-state index contributed by atoms with van der Waals surface area (Å²) in [6.45, 7) is 7.46. The summed E-state index contributed by atoms with van der Waals surface area (Å²) in [5.74, 6) is 3.24. The molecule has 0 spiro atoms. The van der Waals surface area contributed by atoms with E-state index in [9.17, 15) is 0 Å². The van der Waals surface area contributed by atoms with Gasteiger partial charge in [-0.05, 0) is 25.7 Å². The summed E-state index contributed by atoms with van der Waals surface area (Å²) in [6, 6.07) is 0. The van der Waals surface area contributed by atoms with Crippen molar-refractivity contribution in [2.24, 2.45) is 5.92 Å². The molecule has 0 amide bonds. The Labute approximate surface area is 91.7 Å². The van der Waals surface area contributed by atoms with Crippen molar-refractivity contribution >= 4 is 5.82 Å². The van der Waals surface area contributed by atoms with E-state index in [0.29, 0.717) is 11.8 Å². The summed E-state index contributed by atoms with van der Waals surface area (Å²) >= 11 is 0. The Morgan fingerprint density at radius 3 is 2.60 bits per heavy atom. The maximum absolute atomic E-state index is 6.16. The predicted molar refractivity (Wildman–Crippen MR) is 62.8 cm³/mol. The first-order valence-electron chi connectivity index (χ1n) is 5.92. The zero-order valence-electron chi connectivity index (χ0n) is 9.95. The smallest absolute Gasteiger partial charge is 0.127 e. The van der Waals surface area contributed by atoms with Gasteiger partial charge in [0.05, 0.1) is 5.69 Å². The van der Waals surface area contributed by atoms with Crippen LogP contribution in [0.2, 0.25) is 0 Å². The van der Waals surface area contributed by atoms with Crippen molar-refractivity contribution in [1.29, 1.82) is 0 Å². The van der Waals surface area contributed by atoms with Crippen LogP contribution in [0.3, 0.4) is 0 Å². The number of nitrogens with zero attached hydrogens (tertiary/aromatic N) is 2. The lowest BCUT2D eigenvalue weighted by Gasteiger charge is -2.24. The number of rotatable bonds is 3. The van der Waals surface area contributed by atoms with Gasteiger partial charge in [-0.15, -0.1) is 0 Å². The van der Waals surface area contributed by atoms with E-state index in [2.05, 4.69) is 30.3 Å². The molecule has 0 saturated heterocycles. The molecule has 1 aromatic heterocycles. The number of nitrogens with two attached hydrogens (primary N) is 1. The van der Waals surface area contributed by atoms with Crippen LogP contribution >= 0.6 is 0 Å². The highest BCUT2D eigenvalue weighted by molar-refractivity contribution is 5.41. The molecule has 0 aliphatic heterocycles. The molecule has 0 unspecified atom stereocenters. The molecule has 15 heavy (non-hydrogen) atoms. The fourth-order valence-corrected chi connectivity index (χ4v) is 2.18. The van der Waals surface area contributed by atoms with Gasteiger partial charge in [-0.1, -0.05) is 20.3 Å². The second kappa shape index (κ2) is 3.87. The number of aromatic nitrogens is 2. The van der Waals surface area contributed by atoms with Crippen molar-refractivity contribution in [3.8, 4) is 0 Å². The fourth-order valence-electron chi connectivity index (χ4n) is 2.18. The summed E-state index contributed by atoms with van der Waals surface area (Å²) < 4.78 is 2.16. The van der Waals surface area contributed by atoms with E-state index in [4.69, 9.17) is 5.73 Å². The van der Waals surface area contributed by atoms with Gasteiger partial charge < -0.3 is 10.3 Å². The zero-order chi connectivity index (χ0) is 11.0. The van der Waals surface area contributed by atoms with Crippen LogP contribution in [0.5, 0.6) is 0 Å². The zero-order valence-corrected chi connectivity index (χ0v) is 9.95. The molecular weight excluding hydrogens is 186 g/mol. The Kier molecular flexibility index (Phi) is 2.72. The molecule has 3 nitrogen and oxygen atoms in total.